The highest BCUT2D eigenvalue weighted by molar-refractivity contribution is 7.15. The zero-order valence-electron chi connectivity index (χ0n) is 20.5. The zero-order valence-corrected chi connectivity index (χ0v) is 22.9. The summed E-state index contributed by atoms with van der Waals surface area (Å²) in [5, 5.41) is 6.89. The summed E-state index contributed by atoms with van der Waals surface area (Å²) in [6.07, 6.45) is 0. The van der Waals surface area contributed by atoms with E-state index in [1.165, 1.54) is 11.3 Å². The van der Waals surface area contributed by atoms with E-state index in [0.29, 0.717) is 59.5 Å². The molecule has 0 aliphatic carbocycles. The number of halogens is 2. The molecular formula is C30H22Cl2N2O3S. The fourth-order valence-electron chi connectivity index (χ4n) is 4.40. The topological polar surface area (TPSA) is 68.3 Å². The Morgan fingerprint density at radius 3 is 2.42 bits per heavy atom. The first-order valence-corrected chi connectivity index (χ1v) is 13.5. The van der Waals surface area contributed by atoms with Gasteiger partial charge in [-0.3, -0.25) is 4.79 Å². The van der Waals surface area contributed by atoms with Gasteiger partial charge in [0.05, 0.1) is 28.4 Å². The Bertz CT molecular complexity index is 1680. The second-order valence-corrected chi connectivity index (χ2v) is 10.2. The highest BCUT2D eigenvalue weighted by Crippen LogP contribution is 2.38. The van der Waals surface area contributed by atoms with Crippen molar-refractivity contribution in [3.63, 3.8) is 0 Å². The summed E-state index contributed by atoms with van der Waals surface area (Å²) in [7, 11) is 0. The maximum absolute atomic E-state index is 13.9. The van der Waals surface area contributed by atoms with Gasteiger partial charge in [-0.25, -0.2) is 9.78 Å². The van der Waals surface area contributed by atoms with Gasteiger partial charge in [-0.05, 0) is 49.2 Å². The van der Waals surface area contributed by atoms with E-state index in [-0.39, 0.29) is 12.5 Å². The summed E-state index contributed by atoms with van der Waals surface area (Å²) in [4.78, 5) is 31.8. The molecular weight excluding hydrogens is 539 g/mol. The van der Waals surface area contributed by atoms with Gasteiger partial charge in [0.2, 0.25) is 0 Å². The predicted molar refractivity (Wildman–Crippen MR) is 156 cm³/mol. The third-order valence-electron chi connectivity index (χ3n) is 6.13. The van der Waals surface area contributed by atoms with Crippen LogP contribution >= 0.6 is 34.5 Å². The number of thiophene rings is 1. The Morgan fingerprint density at radius 2 is 1.68 bits per heavy atom. The number of pyridine rings is 1. The maximum Gasteiger partial charge on any atom is 0.341 e. The van der Waals surface area contributed by atoms with Crippen molar-refractivity contribution in [2.75, 3.05) is 11.9 Å². The van der Waals surface area contributed by atoms with Crippen molar-refractivity contribution in [2.45, 2.75) is 13.8 Å². The molecule has 0 radical (unpaired) electrons. The standard InChI is InChI=1S/C30H22Cl2N2O3S/c1-3-37-30(36)26-22(18-9-5-4-6-10-18)16-38-29(26)34-28(35)25-17(2)27(20-14-13-19(31)15-23(20)32)33-24-12-8-7-11-21(24)25/h4-16H,3H2,1-2H3,(H,34,35). The van der Waals surface area contributed by atoms with Crippen LogP contribution < -0.4 is 5.32 Å². The van der Waals surface area contributed by atoms with Crippen LogP contribution in [0.4, 0.5) is 5.00 Å². The molecule has 8 heteroatoms. The summed E-state index contributed by atoms with van der Waals surface area (Å²) in [5.74, 6) is -0.854. The summed E-state index contributed by atoms with van der Waals surface area (Å²) in [6.45, 7) is 3.81. The molecule has 2 heterocycles. The molecule has 0 spiro atoms. The first-order chi connectivity index (χ1) is 18.4. The molecule has 1 N–H and O–H groups in total. The molecule has 0 aliphatic rings. The van der Waals surface area contributed by atoms with Gasteiger partial charge < -0.3 is 10.1 Å². The number of fused-ring (bicyclic) bond motifs is 1. The Morgan fingerprint density at radius 1 is 0.947 bits per heavy atom. The van der Waals surface area contributed by atoms with Crippen LogP contribution in [0.3, 0.4) is 0 Å². The van der Waals surface area contributed by atoms with Gasteiger partial charge >= 0.3 is 5.97 Å². The normalized spacial score (nSPS) is 10.9. The molecule has 0 unspecified atom stereocenters. The molecule has 0 saturated carbocycles. The first-order valence-electron chi connectivity index (χ1n) is 11.9. The second kappa shape index (κ2) is 11.0. The molecule has 3 aromatic carbocycles. The van der Waals surface area contributed by atoms with Crippen molar-refractivity contribution in [1.82, 2.24) is 4.98 Å². The molecule has 1 amide bonds. The smallest absolute Gasteiger partial charge is 0.341 e. The number of anilines is 1. The minimum atomic E-state index is -0.493. The molecule has 5 rings (SSSR count). The van der Waals surface area contributed by atoms with E-state index >= 15 is 0 Å². The van der Waals surface area contributed by atoms with Crippen LogP contribution in [0, 0.1) is 6.92 Å². The Hall–Kier alpha value is -3.71. The summed E-state index contributed by atoms with van der Waals surface area (Å²) < 4.78 is 5.35. The molecule has 38 heavy (non-hydrogen) atoms. The predicted octanol–water partition coefficient (Wildman–Crippen LogP) is 8.67. The lowest BCUT2D eigenvalue weighted by atomic mass is 9.97. The molecule has 0 atom stereocenters. The quantitative estimate of drug-likeness (QED) is 0.211. The lowest BCUT2D eigenvalue weighted by Gasteiger charge is -2.16. The lowest BCUT2D eigenvalue weighted by molar-refractivity contribution is 0.0529. The Balaban J connectivity index is 1.64. The number of nitrogens with one attached hydrogen (secondary N) is 1. The van der Waals surface area contributed by atoms with Gasteiger partial charge in [0.15, 0.2) is 0 Å². The number of carbonyl (C=O) groups excluding carboxylic acids is 2. The van der Waals surface area contributed by atoms with Crippen molar-refractivity contribution in [3.8, 4) is 22.4 Å². The average molecular weight is 561 g/mol. The number of ether oxygens (including phenoxy) is 1. The van der Waals surface area contributed by atoms with Gasteiger partial charge in [-0.2, -0.15) is 0 Å². The molecule has 0 saturated heterocycles. The molecule has 5 aromatic rings. The van der Waals surface area contributed by atoms with Gasteiger partial charge in [-0.1, -0.05) is 71.7 Å². The van der Waals surface area contributed by atoms with Gasteiger partial charge in [-0.15, -0.1) is 11.3 Å². The van der Waals surface area contributed by atoms with E-state index in [9.17, 15) is 9.59 Å². The second-order valence-electron chi connectivity index (χ2n) is 8.50. The van der Waals surface area contributed by atoms with Crippen molar-refractivity contribution in [3.05, 3.63) is 105 Å². The van der Waals surface area contributed by atoms with Crippen LogP contribution in [0.2, 0.25) is 10.0 Å². The van der Waals surface area contributed by atoms with Gasteiger partial charge in [0.1, 0.15) is 10.6 Å². The largest absolute Gasteiger partial charge is 0.462 e. The number of benzene rings is 3. The molecule has 190 valence electrons. The number of esters is 1. The first kappa shape index (κ1) is 25.9. The van der Waals surface area contributed by atoms with E-state index < -0.39 is 5.97 Å². The van der Waals surface area contributed by atoms with E-state index in [1.807, 2.05) is 66.9 Å². The lowest BCUT2D eigenvalue weighted by Crippen LogP contribution is -2.17. The summed E-state index contributed by atoms with van der Waals surface area (Å²) in [6, 6.07) is 22.1. The van der Waals surface area contributed by atoms with Crippen molar-refractivity contribution >= 4 is 62.3 Å². The van der Waals surface area contributed by atoms with Gasteiger partial charge in [0.25, 0.3) is 5.91 Å². The molecule has 0 fully saturated rings. The van der Waals surface area contributed by atoms with Gasteiger partial charge in [0, 0.05) is 26.9 Å². The molecule has 0 bridgehead atoms. The number of hydrogen-bond acceptors (Lipinski definition) is 5. The van der Waals surface area contributed by atoms with E-state index in [4.69, 9.17) is 32.9 Å². The third-order valence-corrected chi connectivity index (χ3v) is 7.57. The van der Waals surface area contributed by atoms with Crippen LogP contribution in [-0.2, 0) is 4.74 Å². The van der Waals surface area contributed by atoms with Crippen molar-refractivity contribution < 1.29 is 14.3 Å². The number of amides is 1. The Labute approximate surface area is 234 Å². The van der Waals surface area contributed by atoms with Crippen molar-refractivity contribution in [1.29, 1.82) is 0 Å². The fraction of sp³-hybridized carbons (Fsp3) is 0.100. The minimum Gasteiger partial charge on any atom is -0.462 e. The van der Waals surface area contributed by atoms with Crippen LogP contribution in [0.1, 0.15) is 33.2 Å². The van der Waals surface area contributed by atoms with E-state index in [2.05, 4.69) is 5.32 Å². The maximum atomic E-state index is 13.9. The number of para-hydroxylation sites is 1. The van der Waals surface area contributed by atoms with Crippen LogP contribution in [0.5, 0.6) is 0 Å². The number of aromatic nitrogens is 1. The zero-order chi connectivity index (χ0) is 26.8. The third kappa shape index (κ3) is 4.90. The highest BCUT2D eigenvalue weighted by Gasteiger charge is 2.25. The summed E-state index contributed by atoms with van der Waals surface area (Å²) in [5.41, 5.74) is 4.88. The number of rotatable bonds is 6. The molecule has 5 nitrogen and oxygen atoms in total. The van der Waals surface area contributed by atoms with Crippen LogP contribution in [-0.4, -0.2) is 23.5 Å². The minimum absolute atomic E-state index is 0.218. The molecule has 0 aliphatic heterocycles. The average Bonchev–Trinajstić information content (AvgIpc) is 3.32. The van der Waals surface area contributed by atoms with Crippen LogP contribution in [0.15, 0.2) is 78.2 Å². The van der Waals surface area contributed by atoms with Crippen molar-refractivity contribution in [2.24, 2.45) is 0 Å². The number of hydrogen-bond donors (Lipinski definition) is 1. The Kier molecular flexibility index (Phi) is 7.47. The molecule has 2 aromatic heterocycles. The number of nitrogens with zero attached hydrogens (tertiary/aromatic N) is 1. The SMILES string of the molecule is CCOC(=O)c1c(-c2ccccc2)csc1NC(=O)c1c(C)c(-c2ccc(Cl)cc2Cl)nc2ccccc12. The monoisotopic (exact) mass is 560 g/mol. The van der Waals surface area contributed by atoms with E-state index in [0.717, 1.165) is 5.56 Å². The van der Waals surface area contributed by atoms with Crippen LogP contribution in [0.25, 0.3) is 33.3 Å². The highest BCUT2D eigenvalue weighted by atomic mass is 35.5. The fourth-order valence-corrected chi connectivity index (χ4v) is 5.85. The number of carbonyl (C=O) groups is 2. The van der Waals surface area contributed by atoms with E-state index in [1.54, 1.807) is 25.1 Å². The summed E-state index contributed by atoms with van der Waals surface area (Å²) >= 11 is 13.9.